The van der Waals surface area contributed by atoms with Crippen LogP contribution >= 0.6 is 15.6 Å². The van der Waals surface area contributed by atoms with Crippen molar-refractivity contribution in [3.8, 4) is 0 Å². The maximum Gasteiger partial charge on any atom is 0.472 e. The van der Waals surface area contributed by atoms with Crippen molar-refractivity contribution in [1.29, 1.82) is 0 Å². The minimum absolute atomic E-state index is 0.104. The third-order valence-electron chi connectivity index (χ3n) is 17.8. The maximum atomic E-state index is 13.1. The van der Waals surface area contributed by atoms with E-state index in [9.17, 15) is 43.2 Å². The third kappa shape index (κ3) is 65.8. The predicted octanol–water partition coefficient (Wildman–Crippen LogP) is 21.3. The number of hydrogen-bond acceptors (Lipinski definition) is 15. The van der Waals surface area contributed by atoms with Crippen LogP contribution in [0.3, 0.4) is 0 Å². The smallest absolute Gasteiger partial charge is 0.462 e. The molecule has 0 saturated carbocycles. The van der Waals surface area contributed by atoms with Gasteiger partial charge in [-0.3, -0.25) is 37.3 Å². The zero-order valence-electron chi connectivity index (χ0n) is 60.9. The molecule has 552 valence electrons. The topological polar surface area (TPSA) is 237 Å². The van der Waals surface area contributed by atoms with E-state index < -0.39 is 97.5 Å². The van der Waals surface area contributed by atoms with Crippen LogP contribution < -0.4 is 0 Å². The van der Waals surface area contributed by atoms with Crippen molar-refractivity contribution in [3.63, 3.8) is 0 Å². The fourth-order valence-corrected chi connectivity index (χ4v) is 12.7. The van der Waals surface area contributed by atoms with Gasteiger partial charge < -0.3 is 33.8 Å². The number of rotatable bonds is 71. The zero-order chi connectivity index (χ0) is 68.9. The number of phosphoric ester groups is 2. The molecule has 0 saturated heterocycles. The largest absolute Gasteiger partial charge is 0.472 e. The Morgan fingerprint density at radius 1 is 0.301 bits per heavy atom. The van der Waals surface area contributed by atoms with E-state index in [1.165, 1.54) is 167 Å². The van der Waals surface area contributed by atoms with Gasteiger partial charge in [0.2, 0.25) is 0 Å². The van der Waals surface area contributed by atoms with Gasteiger partial charge in [-0.05, 0) is 49.4 Å². The maximum absolute atomic E-state index is 13.1. The molecule has 0 aromatic rings. The molecule has 0 aliphatic heterocycles. The Kier molecular flexibility index (Phi) is 62.2. The van der Waals surface area contributed by atoms with E-state index in [4.69, 9.17) is 37.0 Å². The second-order valence-electron chi connectivity index (χ2n) is 28.1. The Hall–Kier alpha value is -1.94. The fraction of sp³-hybridized carbons (Fsp3) is 0.946. The lowest BCUT2D eigenvalue weighted by atomic mass is 9.99. The number of esters is 4. The van der Waals surface area contributed by atoms with Gasteiger partial charge in [0.1, 0.15) is 19.3 Å². The summed E-state index contributed by atoms with van der Waals surface area (Å²) in [5.41, 5.74) is 0. The summed E-state index contributed by atoms with van der Waals surface area (Å²) in [5.74, 6) is 0.941. The van der Waals surface area contributed by atoms with Crippen LogP contribution in [0.5, 0.6) is 0 Å². The molecule has 4 unspecified atom stereocenters. The van der Waals surface area contributed by atoms with E-state index in [1.807, 2.05) is 0 Å². The SMILES string of the molecule is CCC(C)CCCCCCCCCCC(=O)O[C@H](COC(=O)CCCCCCCCC(C)CC)COP(=O)(O)OC[C@H](O)COP(=O)(O)OC[C@@H](COC(=O)CCCCCCCCCCCCCC(C)C)OC(=O)CCCCCCCCCCCCCCCCC(C)C. The molecule has 0 amide bonds. The van der Waals surface area contributed by atoms with E-state index in [0.717, 1.165) is 120 Å². The number of unbranched alkanes of at least 4 members (excludes halogenated alkanes) is 35. The molecule has 7 atom stereocenters. The summed E-state index contributed by atoms with van der Waals surface area (Å²) in [6, 6.07) is 0. The fourth-order valence-electron chi connectivity index (χ4n) is 11.1. The Morgan fingerprint density at radius 3 is 0.763 bits per heavy atom. The van der Waals surface area contributed by atoms with E-state index in [1.54, 1.807) is 0 Å². The number of phosphoric acid groups is 2. The molecule has 0 rings (SSSR count). The number of aliphatic hydroxyl groups is 1. The van der Waals surface area contributed by atoms with Crippen molar-refractivity contribution in [2.75, 3.05) is 39.6 Å². The van der Waals surface area contributed by atoms with Crippen LogP contribution in [-0.2, 0) is 65.4 Å². The third-order valence-corrected chi connectivity index (χ3v) is 19.7. The molecule has 0 aromatic heterocycles. The summed E-state index contributed by atoms with van der Waals surface area (Å²) in [5, 5.41) is 10.6. The average Bonchev–Trinajstić information content (AvgIpc) is 2.75. The van der Waals surface area contributed by atoms with Gasteiger partial charge in [0.05, 0.1) is 26.4 Å². The summed E-state index contributed by atoms with van der Waals surface area (Å²) < 4.78 is 68.4. The first-order valence-corrected chi connectivity index (χ1v) is 41.3. The molecule has 0 heterocycles. The van der Waals surface area contributed by atoms with Crippen molar-refractivity contribution in [1.82, 2.24) is 0 Å². The van der Waals surface area contributed by atoms with Crippen molar-refractivity contribution in [2.24, 2.45) is 23.7 Å². The van der Waals surface area contributed by atoms with Gasteiger partial charge in [-0.25, -0.2) is 9.13 Å². The van der Waals surface area contributed by atoms with E-state index in [-0.39, 0.29) is 25.7 Å². The van der Waals surface area contributed by atoms with Gasteiger partial charge in [-0.15, -0.1) is 0 Å². The Balaban J connectivity index is 5.26. The molecule has 0 bridgehead atoms. The lowest BCUT2D eigenvalue weighted by molar-refractivity contribution is -0.161. The highest BCUT2D eigenvalue weighted by atomic mass is 31.2. The Morgan fingerprint density at radius 2 is 0.516 bits per heavy atom. The molecule has 19 heteroatoms. The van der Waals surface area contributed by atoms with Gasteiger partial charge in [0, 0.05) is 25.7 Å². The normalized spacial score (nSPS) is 14.8. The quantitative estimate of drug-likeness (QED) is 0.0222. The number of hydrogen-bond donors (Lipinski definition) is 3. The van der Waals surface area contributed by atoms with Crippen LogP contribution in [0.15, 0.2) is 0 Å². The van der Waals surface area contributed by atoms with Gasteiger partial charge in [0.15, 0.2) is 12.2 Å². The first-order valence-electron chi connectivity index (χ1n) is 38.3. The van der Waals surface area contributed by atoms with Crippen LogP contribution in [0.1, 0.15) is 370 Å². The van der Waals surface area contributed by atoms with Gasteiger partial charge in [-0.1, -0.05) is 319 Å². The number of carbonyl (C=O) groups excluding carboxylic acids is 4. The molecule has 0 aromatic carbocycles. The lowest BCUT2D eigenvalue weighted by Gasteiger charge is -2.21. The molecule has 0 spiro atoms. The van der Waals surface area contributed by atoms with Crippen molar-refractivity contribution < 1.29 is 80.2 Å². The van der Waals surface area contributed by atoms with E-state index in [0.29, 0.717) is 25.7 Å². The number of ether oxygens (including phenoxy) is 4. The first-order chi connectivity index (χ1) is 44.7. The van der Waals surface area contributed by atoms with Crippen molar-refractivity contribution in [2.45, 2.75) is 388 Å². The molecule has 0 radical (unpaired) electrons. The van der Waals surface area contributed by atoms with E-state index in [2.05, 4.69) is 55.4 Å². The minimum Gasteiger partial charge on any atom is -0.462 e. The summed E-state index contributed by atoms with van der Waals surface area (Å²) in [4.78, 5) is 72.7. The number of aliphatic hydroxyl groups excluding tert-OH is 1. The summed E-state index contributed by atoms with van der Waals surface area (Å²) >= 11 is 0. The predicted molar refractivity (Wildman–Crippen MR) is 377 cm³/mol. The molecule has 17 nitrogen and oxygen atoms in total. The summed E-state index contributed by atoms with van der Waals surface area (Å²) in [6.45, 7) is 14.2. The molecule has 93 heavy (non-hydrogen) atoms. The average molecular weight is 1370 g/mol. The molecule has 3 N–H and O–H groups in total. The molecule has 0 fully saturated rings. The van der Waals surface area contributed by atoms with Gasteiger partial charge in [0.25, 0.3) is 0 Å². The van der Waals surface area contributed by atoms with Crippen molar-refractivity contribution >= 4 is 39.5 Å². The van der Waals surface area contributed by atoms with Crippen LogP contribution in [0.2, 0.25) is 0 Å². The van der Waals surface area contributed by atoms with Gasteiger partial charge in [-0.2, -0.15) is 0 Å². The van der Waals surface area contributed by atoms with Crippen LogP contribution in [0.4, 0.5) is 0 Å². The summed E-state index contributed by atoms with van der Waals surface area (Å²) in [6.07, 6.45) is 47.1. The highest BCUT2D eigenvalue weighted by molar-refractivity contribution is 7.47. The Bertz CT molecular complexity index is 1840. The second kappa shape index (κ2) is 63.5. The molecule has 0 aliphatic rings. The molecular formula is C74H144O17P2. The van der Waals surface area contributed by atoms with E-state index >= 15 is 0 Å². The van der Waals surface area contributed by atoms with Crippen LogP contribution in [-0.4, -0.2) is 96.7 Å². The number of carbonyl (C=O) groups is 4. The highest BCUT2D eigenvalue weighted by Gasteiger charge is 2.30. The molecule has 0 aliphatic carbocycles. The lowest BCUT2D eigenvalue weighted by Crippen LogP contribution is -2.30. The van der Waals surface area contributed by atoms with Crippen molar-refractivity contribution in [3.05, 3.63) is 0 Å². The monoisotopic (exact) mass is 1370 g/mol. The van der Waals surface area contributed by atoms with Crippen LogP contribution in [0.25, 0.3) is 0 Å². The Labute approximate surface area is 568 Å². The minimum atomic E-state index is -4.96. The van der Waals surface area contributed by atoms with Crippen LogP contribution in [0, 0.1) is 23.7 Å². The molecular weight excluding hydrogens is 1220 g/mol. The first kappa shape index (κ1) is 91.1. The summed E-state index contributed by atoms with van der Waals surface area (Å²) in [7, 11) is -9.91. The standard InChI is InChI=1S/C74H144O17P2/c1-9-66(7)52-44-36-28-24-25-31-41-49-57-74(79)91-70(61-85-72(77)55-47-39-33-32-37-45-53-67(8)10-2)63-89-93(82,83)87-59-68(75)58-86-92(80,81)88-62-69(60-84-71(76)54-46-38-29-22-19-15-17-21-27-35-43-51-65(5)6)90-73(78)56-48-40-30-23-18-14-12-11-13-16-20-26-34-42-50-64(3)4/h64-70,75H,9-63H2,1-8H3,(H,80,81)(H,82,83)/t66?,67?,68-,69-,70-/m1/s1. The second-order valence-corrected chi connectivity index (χ2v) is 31.0. The van der Waals surface area contributed by atoms with Gasteiger partial charge >= 0.3 is 39.5 Å². The highest BCUT2D eigenvalue weighted by Crippen LogP contribution is 2.45. The zero-order valence-corrected chi connectivity index (χ0v) is 62.7.